The fraction of sp³-hybridized carbons (Fsp3) is 0.292. The van der Waals surface area contributed by atoms with E-state index >= 15 is 0 Å². The third-order valence-corrected chi connectivity index (χ3v) is 6.80. The Hall–Kier alpha value is -3.41. The minimum Gasteiger partial charge on any atom is -0.496 e. The second kappa shape index (κ2) is 6.29. The lowest BCUT2D eigenvalue weighted by atomic mass is 9.43. The molecule has 0 fully saturated rings. The van der Waals surface area contributed by atoms with E-state index in [4.69, 9.17) is 14.2 Å². The fourth-order valence-electron chi connectivity index (χ4n) is 5.80. The summed E-state index contributed by atoms with van der Waals surface area (Å²) in [4.78, 5) is 40.0. The standard InChI is InChI=1S/C24H20O6/c1-28-15-9-10-16(29-2)20-19(15)18-12-6-4-5-7-13(12)21(20)24(23(27)30-3)17(26)11-8-14(25)22(18)24/h4-11,18,21-22H,1-3H3. The number of carbonyl (C=O) groups excluding carboxylic acids is 3. The Balaban J connectivity index is 1.98. The largest absolute Gasteiger partial charge is 0.496 e. The molecule has 6 nitrogen and oxygen atoms in total. The number of rotatable bonds is 3. The fourth-order valence-corrected chi connectivity index (χ4v) is 5.80. The molecule has 0 aliphatic heterocycles. The Morgan fingerprint density at radius 2 is 1.50 bits per heavy atom. The molecule has 0 heterocycles. The summed E-state index contributed by atoms with van der Waals surface area (Å²) in [6, 6.07) is 11.2. The quantitative estimate of drug-likeness (QED) is 0.578. The highest BCUT2D eigenvalue weighted by molar-refractivity contribution is 6.20. The molecular weight excluding hydrogens is 384 g/mol. The highest BCUT2D eigenvalue weighted by Gasteiger charge is 2.70. The van der Waals surface area contributed by atoms with Crippen LogP contribution in [0.15, 0.2) is 48.6 Å². The number of benzene rings is 2. The molecule has 6 heteroatoms. The molecule has 0 radical (unpaired) electrons. The molecule has 0 aromatic heterocycles. The van der Waals surface area contributed by atoms with E-state index in [1.807, 2.05) is 24.3 Å². The second-order valence-electron chi connectivity index (χ2n) is 7.78. The average molecular weight is 404 g/mol. The molecule has 6 rings (SSSR count). The smallest absolute Gasteiger partial charge is 0.321 e. The van der Waals surface area contributed by atoms with Crippen molar-refractivity contribution in [2.75, 3.05) is 21.3 Å². The van der Waals surface area contributed by atoms with Crippen molar-refractivity contribution >= 4 is 17.5 Å². The van der Waals surface area contributed by atoms with Crippen LogP contribution in [0.5, 0.6) is 11.5 Å². The number of ether oxygens (including phenoxy) is 3. The summed E-state index contributed by atoms with van der Waals surface area (Å²) in [7, 11) is 4.37. The zero-order valence-corrected chi connectivity index (χ0v) is 16.8. The van der Waals surface area contributed by atoms with Crippen LogP contribution in [0.25, 0.3) is 0 Å². The van der Waals surface area contributed by atoms with Crippen LogP contribution in [-0.4, -0.2) is 38.9 Å². The number of esters is 1. The van der Waals surface area contributed by atoms with E-state index in [-0.39, 0.29) is 5.78 Å². The van der Waals surface area contributed by atoms with Crippen molar-refractivity contribution in [3.05, 3.63) is 70.8 Å². The van der Waals surface area contributed by atoms with Crippen molar-refractivity contribution in [1.82, 2.24) is 0 Å². The van der Waals surface area contributed by atoms with Crippen LogP contribution in [0.2, 0.25) is 0 Å². The minimum absolute atomic E-state index is 0.264. The van der Waals surface area contributed by atoms with E-state index in [0.717, 1.165) is 16.7 Å². The lowest BCUT2D eigenvalue weighted by molar-refractivity contribution is -0.167. The monoisotopic (exact) mass is 404 g/mol. The highest BCUT2D eigenvalue weighted by atomic mass is 16.5. The van der Waals surface area contributed by atoms with E-state index in [9.17, 15) is 14.4 Å². The molecule has 2 aromatic rings. The molecule has 0 saturated carbocycles. The highest BCUT2D eigenvalue weighted by Crippen LogP contribution is 2.68. The molecule has 0 saturated heterocycles. The maximum absolute atomic E-state index is 13.4. The van der Waals surface area contributed by atoms with Crippen LogP contribution in [0, 0.1) is 11.3 Å². The van der Waals surface area contributed by atoms with Gasteiger partial charge in [0.1, 0.15) is 11.5 Å². The van der Waals surface area contributed by atoms with Gasteiger partial charge in [-0.2, -0.15) is 0 Å². The lowest BCUT2D eigenvalue weighted by Crippen LogP contribution is -2.61. The first-order valence-corrected chi connectivity index (χ1v) is 9.70. The van der Waals surface area contributed by atoms with Crippen molar-refractivity contribution in [3.8, 4) is 11.5 Å². The molecule has 0 spiro atoms. The van der Waals surface area contributed by atoms with Crippen molar-refractivity contribution in [2.45, 2.75) is 11.8 Å². The van der Waals surface area contributed by atoms with Crippen LogP contribution < -0.4 is 9.47 Å². The van der Waals surface area contributed by atoms with Gasteiger partial charge in [0, 0.05) is 23.0 Å². The Labute approximate surface area is 173 Å². The number of ketones is 2. The van der Waals surface area contributed by atoms with Crippen LogP contribution in [-0.2, 0) is 19.1 Å². The Morgan fingerprint density at radius 1 is 0.867 bits per heavy atom. The van der Waals surface area contributed by atoms with Gasteiger partial charge in [-0.1, -0.05) is 24.3 Å². The predicted octanol–water partition coefficient (Wildman–Crippen LogP) is 2.78. The van der Waals surface area contributed by atoms with E-state index in [1.54, 1.807) is 26.4 Å². The zero-order valence-electron chi connectivity index (χ0n) is 16.8. The Morgan fingerprint density at radius 3 is 2.13 bits per heavy atom. The molecule has 4 unspecified atom stereocenters. The second-order valence-corrected chi connectivity index (χ2v) is 7.78. The van der Waals surface area contributed by atoms with Crippen LogP contribution >= 0.6 is 0 Å². The van der Waals surface area contributed by atoms with Crippen molar-refractivity contribution in [3.63, 3.8) is 0 Å². The molecule has 2 bridgehead atoms. The van der Waals surface area contributed by atoms with E-state index in [1.165, 1.54) is 19.3 Å². The first-order chi connectivity index (χ1) is 14.5. The van der Waals surface area contributed by atoms with Crippen LogP contribution in [0.4, 0.5) is 0 Å². The molecule has 30 heavy (non-hydrogen) atoms. The number of allylic oxidation sites excluding steroid dienone is 2. The van der Waals surface area contributed by atoms with Gasteiger partial charge in [-0.3, -0.25) is 14.4 Å². The summed E-state index contributed by atoms with van der Waals surface area (Å²) in [6.45, 7) is 0. The third kappa shape index (κ3) is 1.96. The van der Waals surface area contributed by atoms with Gasteiger partial charge in [-0.05, 0) is 35.4 Å². The van der Waals surface area contributed by atoms with Crippen LogP contribution in [0.3, 0.4) is 0 Å². The third-order valence-electron chi connectivity index (χ3n) is 6.80. The van der Waals surface area contributed by atoms with Gasteiger partial charge in [0.15, 0.2) is 17.0 Å². The van der Waals surface area contributed by atoms with Crippen molar-refractivity contribution in [2.24, 2.45) is 11.3 Å². The maximum atomic E-state index is 13.4. The number of hydrogen-bond donors (Lipinski definition) is 0. The summed E-state index contributed by atoms with van der Waals surface area (Å²) < 4.78 is 16.5. The molecule has 4 aliphatic carbocycles. The topological polar surface area (TPSA) is 78.9 Å². The zero-order chi connectivity index (χ0) is 21.2. The van der Waals surface area contributed by atoms with E-state index < -0.39 is 34.9 Å². The summed E-state index contributed by atoms with van der Waals surface area (Å²) in [5.41, 5.74) is 1.58. The molecule has 4 atom stereocenters. The number of carbonyl (C=O) groups is 3. The van der Waals surface area contributed by atoms with Crippen LogP contribution in [0.1, 0.15) is 34.1 Å². The summed E-state index contributed by atoms with van der Waals surface area (Å²) >= 11 is 0. The molecule has 0 N–H and O–H groups in total. The van der Waals surface area contributed by atoms with E-state index in [2.05, 4.69) is 0 Å². The SMILES string of the molecule is COC(=O)C12C(=O)C=CC(=O)C1C1c3ccccc3C2c2c(OC)ccc(OC)c21. The maximum Gasteiger partial charge on any atom is 0.321 e. The van der Waals surface area contributed by atoms with Gasteiger partial charge in [-0.15, -0.1) is 0 Å². The van der Waals surface area contributed by atoms with Gasteiger partial charge in [0.05, 0.1) is 27.2 Å². The predicted molar refractivity (Wildman–Crippen MR) is 107 cm³/mol. The normalized spacial score (nSPS) is 27.8. The summed E-state index contributed by atoms with van der Waals surface area (Å²) in [5.74, 6) is -2.40. The molecule has 152 valence electrons. The molecule has 2 aromatic carbocycles. The summed E-state index contributed by atoms with van der Waals surface area (Å²) in [5, 5.41) is 0. The van der Waals surface area contributed by atoms with Gasteiger partial charge in [0.25, 0.3) is 0 Å². The van der Waals surface area contributed by atoms with Gasteiger partial charge < -0.3 is 14.2 Å². The van der Waals surface area contributed by atoms with Gasteiger partial charge >= 0.3 is 5.97 Å². The first-order valence-electron chi connectivity index (χ1n) is 9.70. The van der Waals surface area contributed by atoms with Crippen molar-refractivity contribution in [1.29, 1.82) is 0 Å². The molecular formula is C24H20O6. The van der Waals surface area contributed by atoms with Gasteiger partial charge in [-0.25, -0.2) is 0 Å². The Bertz CT molecular complexity index is 1150. The number of hydrogen-bond acceptors (Lipinski definition) is 6. The molecule has 4 aliphatic rings. The van der Waals surface area contributed by atoms with Gasteiger partial charge in [0.2, 0.25) is 0 Å². The lowest BCUT2D eigenvalue weighted by Gasteiger charge is -2.55. The summed E-state index contributed by atoms with van der Waals surface area (Å²) in [6.07, 6.45) is 2.50. The first kappa shape index (κ1) is 18.6. The molecule has 0 amide bonds. The average Bonchev–Trinajstić information content (AvgIpc) is 2.79. The number of methoxy groups -OCH3 is 3. The minimum atomic E-state index is -1.67. The van der Waals surface area contributed by atoms with E-state index in [0.29, 0.717) is 17.1 Å². The van der Waals surface area contributed by atoms with Crippen molar-refractivity contribution < 1.29 is 28.6 Å². The Kier molecular flexibility index (Phi) is 3.90.